The predicted molar refractivity (Wildman–Crippen MR) is 45.6 cm³/mol. The Morgan fingerprint density at radius 1 is 1.47 bits per heavy atom. The molecule has 0 aliphatic carbocycles. The van der Waals surface area contributed by atoms with Gasteiger partial charge >= 0.3 is 22.6 Å². The molecule has 1 radical (unpaired) electrons. The molecule has 5 heteroatoms. The summed E-state index contributed by atoms with van der Waals surface area (Å²) in [7, 11) is 1.39. The third-order valence-corrected chi connectivity index (χ3v) is 1.31. The van der Waals surface area contributed by atoms with Gasteiger partial charge in [-0.05, 0) is 0 Å². The number of esters is 1. The van der Waals surface area contributed by atoms with Crippen molar-refractivity contribution in [3.63, 3.8) is 0 Å². The van der Waals surface area contributed by atoms with Gasteiger partial charge in [-0.25, -0.2) is 6.07 Å². The van der Waals surface area contributed by atoms with E-state index in [0.717, 1.165) is 5.56 Å². The van der Waals surface area contributed by atoms with Crippen LogP contribution in [0.5, 0.6) is 0 Å². The van der Waals surface area contributed by atoms with Crippen molar-refractivity contribution in [2.24, 2.45) is 0 Å². The fourth-order valence-electron chi connectivity index (χ4n) is 0.771. The first-order valence-corrected chi connectivity index (χ1v) is 3.51. The number of methoxy groups -OCH3 is 1. The van der Waals surface area contributed by atoms with Crippen LogP contribution in [0.1, 0.15) is 5.56 Å². The Kier molecular flexibility index (Phi) is 19.8. The van der Waals surface area contributed by atoms with Crippen molar-refractivity contribution in [2.45, 2.75) is 6.42 Å². The molecule has 0 atom stereocenters. The SMILES string of the molecule is COC(=O)Cc1cc[cH-]c1.[C-]#[O+].[C-]#[O+].[Mn]. The molecule has 0 aliphatic rings. The van der Waals surface area contributed by atoms with Gasteiger partial charge in [0.25, 0.3) is 5.97 Å². The molecule has 0 amide bonds. The second-order valence-corrected chi connectivity index (χ2v) is 2.05. The molecule has 4 nitrogen and oxygen atoms in total. The predicted octanol–water partition coefficient (Wildman–Crippen LogP) is 1.04. The molecular formula is C10H9MnO4-. The molecule has 0 unspecified atom stereocenters. The van der Waals surface area contributed by atoms with Crippen molar-refractivity contribution in [1.29, 1.82) is 0 Å². The average molecular weight is 248 g/mol. The van der Waals surface area contributed by atoms with E-state index in [-0.39, 0.29) is 23.0 Å². The largest absolute Gasteiger partial charge is 0 e. The second kappa shape index (κ2) is 15.3. The van der Waals surface area contributed by atoms with Crippen molar-refractivity contribution in [2.75, 3.05) is 7.11 Å². The van der Waals surface area contributed by atoms with Crippen molar-refractivity contribution >= 4 is 5.97 Å². The normalized spacial score (nSPS) is 6.47. The number of carbonyl (C=O) groups is 1. The van der Waals surface area contributed by atoms with Gasteiger partial charge in [0.1, 0.15) is 0 Å². The Morgan fingerprint density at radius 2 is 2.00 bits per heavy atom. The third-order valence-electron chi connectivity index (χ3n) is 1.31. The minimum Gasteiger partial charge on any atom is 0 e. The van der Waals surface area contributed by atoms with Gasteiger partial charge in [0.15, 0.2) is 0 Å². The summed E-state index contributed by atoms with van der Waals surface area (Å²) in [4.78, 5) is 10.7. The minimum absolute atomic E-state index is 0. The van der Waals surface area contributed by atoms with E-state index in [0.29, 0.717) is 6.42 Å². The van der Waals surface area contributed by atoms with Crippen molar-refractivity contribution in [3.8, 4) is 0 Å². The van der Waals surface area contributed by atoms with Crippen molar-refractivity contribution < 1.29 is 35.9 Å². The summed E-state index contributed by atoms with van der Waals surface area (Å²) in [6, 6.07) is 7.60. The molecule has 0 N–H and O–H groups in total. The van der Waals surface area contributed by atoms with Gasteiger partial charge in [0.2, 0.25) is 0 Å². The molecule has 1 rings (SSSR count). The van der Waals surface area contributed by atoms with Crippen LogP contribution in [0.4, 0.5) is 0 Å². The summed E-state index contributed by atoms with van der Waals surface area (Å²) in [6.45, 7) is 9.00. The molecule has 0 heterocycles. The molecule has 0 fully saturated rings. The Morgan fingerprint density at radius 3 is 2.33 bits per heavy atom. The van der Waals surface area contributed by atoms with Gasteiger partial charge in [-0.15, -0.1) is 0 Å². The summed E-state index contributed by atoms with van der Waals surface area (Å²) >= 11 is 0. The fraction of sp³-hybridized carbons (Fsp3) is 0.200. The minimum atomic E-state index is -0.189. The quantitative estimate of drug-likeness (QED) is 0.339. The van der Waals surface area contributed by atoms with Crippen molar-refractivity contribution in [3.05, 3.63) is 43.1 Å². The van der Waals surface area contributed by atoms with Crippen LogP contribution in [0.2, 0.25) is 0 Å². The standard InChI is InChI=1S/C8H9O2.2CO.Mn/c1-10-8(9)6-7-4-2-3-5-7;2*1-2;/h2-5H,6H2,1H3;;;/q-1;;;. The van der Waals surface area contributed by atoms with E-state index in [1.54, 1.807) is 0 Å². The van der Waals surface area contributed by atoms with Crippen LogP contribution in [0, 0.1) is 13.3 Å². The number of hydrogen-bond donors (Lipinski definition) is 0. The molecule has 0 spiro atoms. The van der Waals surface area contributed by atoms with E-state index >= 15 is 0 Å². The van der Waals surface area contributed by atoms with E-state index < -0.39 is 0 Å². The molecule has 0 bridgehead atoms. The maximum atomic E-state index is 10.7. The van der Waals surface area contributed by atoms with Gasteiger partial charge < -0.3 is 4.74 Å². The van der Waals surface area contributed by atoms with Gasteiger partial charge in [-0.2, -0.15) is 23.8 Å². The Balaban J connectivity index is -0.000000258. The summed E-state index contributed by atoms with van der Waals surface area (Å²) in [6.07, 6.45) is 0.378. The van der Waals surface area contributed by atoms with E-state index in [1.165, 1.54) is 7.11 Å². The zero-order valence-corrected chi connectivity index (χ0v) is 9.21. The van der Waals surface area contributed by atoms with E-state index in [9.17, 15) is 4.79 Å². The number of ether oxygens (including phenoxy) is 1. The first-order valence-electron chi connectivity index (χ1n) is 3.51. The molecule has 15 heavy (non-hydrogen) atoms. The Hall–Kier alpha value is -1.18. The summed E-state index contributed by atoms with van der Waals surface area (Å²) in [5, 5.41) is 0. The molecule has 0 aliphatic heterocycles. The first-order chi connectivity index (χ1) is 6.83. The van der Waals surface area contributed by atoms with Gasteiger partial charge in [0.05, 0.1) is 7.11 Å². The van der Waals surface area contributed by atoms with E-state index in [1.807, 2.05) is 24.3 Å². The summed E-state index contributed by atoms with van der Waals surface area (Å²) in [5.41, 5.74) is 1.01. The monoisotopic (exact) mass is 248 g/mol. The smallest absolute Gasteiger partial charge is 0 e. The number of rotatable bonds is 2. The summed E-state index contributed by atoms with van der Waals surface area (Å²) < 4.78 is 19.5. The molecule has 0 aromatic heterocycles. The van der Waals surface area contributed by atoms with Crippen molar-refractivity contribution in [1.82, 2.24) is 0 Å². The Bertz CT molecular complexity index is 268. The number of hydrogen-bond acceptors (Lipinski definition) is 2. The van der Waals surface area contributed by atoms with Crippen LogP contribution in [0.3, 0.4) is 0 Å². The van der Waals surface area contributed by atoms with Crippen LogP contribution in [0.25, 0.3) is 0 Å². The molecule has 0 saturated carbocycles. The topological polar surface area (TPSA) is 66.1 Å². The number of carbonyl (C=O) groups excluding carboxylic acids is 1. The zero-order chi connectivity index (χ0) is 11.4. The average Bonchev–Trinajstić information content (AvgIpc) is 2.76. The molecule has 1 aromatic rings. The van der Waals surface area contributed by atoms with Gasteiger partial charge in [-0.1, -0.05) is 0 Å². The van der Waals surface area contributed by atoms with Gasteiger partial charge in [0, 0.05) is 23.5 Å². The first kappa shape index (κ1) is 19.4. The van der Waals surface area contributed by atoms with Crippen LogP contribution in [0.15, 0.2) is 24.3 Å². The Labute approximate surface area is 98.9 Å². The van der Waals surface area contributed by atoms with Crippen LogP contribution in [-0.2, 0) is 42.3 Å². The summed E-state index contributed by atoms with van der Waals surface area (Å²) in [5.74, 6) is -0.189. The van der Waals surface area contributed by atoms with Crippen LogP contribution in [-0.4, -0.2) is 13.1 Å². The van der Waals surface area contributed by atoms with Crippen LogP contribution >= 0.6 is 0 Å². The maximum Gasteiger partial charge on any atom is 0 e. The maximum absolute atomic E-state index is 10.7. The van der Waals surface area contributed by atoms with E-state index in [4.69, 9.17) is 9.30 Å². The molecule has 0 saturated heterocycles. The van der Waals surface area contributed by atoms with Gasteiger partial charge in [-0.3, -0.25) is 4.79 Å². The third kappa shape index (κ3) is 10.7. The fourth-order valence-corrected chi connectivity index (χ4v) is 0.771. The zero-order valence-electron chi connectivity index (χ0n) is 8.03. The molecule has 81 valence electrons. The van der Waals surface area contributed by atoms with E-state index in [2.05, 4.69) is 18.0 Å². The second-order valence-electron chi connectivity index (χ2n) is 2.05. The molecular weight excluding hydrogens is 239 g/mol. The van der Waals surface area contributed by atoms with Crippen LogP contribution < -0.4 is 0 Å². The molecule has 1 aromatic carbocycles.